The number of hydrogen-bond donors (Lipinski definition) is 2. The molecule has 1 aromatic rings. The number of aryl methyl sites for hydroxylation is 2. The van der Waals surface area contributed by atoms with E-state index in [9.17, 15) is 4.79 Å². The zero-order chi connectivity index (χ0) is 12.4. The molecule has 0 saturated carbocycles. The number of nitrogens with zero attached hydrogens (tertiary/aromatic N) is 1. The number of fused-ring (bicyclic) bond motifs is 1. The molecular formula is C12H18N2OS2. The number of nitrogens with one attached hydrogen (secondary N) is 1. The van der Waals surface area contributed by atoms with Crippen LogP contribution in [0.1, 0.15) is 37.3 Å². The highest BCUT2D eigenvalue weighted by atomic mass is 32.1. The van der Waals surface area contributed by atoms with Crippen molar-refractivity contribution in [2.45, 2.75) is 44.8 Å². The van der Waals surface area contributed by atoms with Gasteiger partial charge < -0.3 is 5.32 Å². The van der Waals surface area contributed by atoms with Gasteiger partial charge in [-0.3, -0.25) is 4.79 Å². The monoisotopic (exact) mass is 270 g/mol. The van der Waals surface area contributed by atoms with E-state index in [0.717, 1.165) is 18.0 Å². The summed E-state index contributed by atoms with van der Waals surface area (Å²) in [6.07, 6.45) is 4.61. The van der Waals surface area contributed by atoms with Crippen LogP contribution in [0.2, 0.25) is 0 Å². The SMILES string of the molecule is CC(C)C(S)C(=O)Nc1nc2c(s1)CCCC2. The molecule has 0 radical (unpaired) electrons. The van der Waals surface area contributed by atoms with Crippen LogP contribution in [0.4, 0.5) is 5.13 Å². The maximum absolute atomic E-state index is 11.8. The Bertz CT molecular complexity index is 391. The summed E-state index contributed by atoms with van der Waals surface area (Å²) in [7, 11) is 0. The Labute approximate surface area is 111 Å². The summed E-state index contributed by atoms with van der Waals surface area (Å²) in [5.41, 5.74) is 1.18. The van der Waals surface area contributed by atoms with Gasteiger partial charge in [-0.2, -0.15) is 12.6 Å². The minimum atomic E-state index is -0.268. The molecule has 94 valence electrons. The average Bonchev–Trinajstić information content (AvgIpc) is 2.69. The van der Waals surface area contributed by atoms with Crippen LogP contribution in [0.5, 0.6) is 0 Å². The lowest BCUT2D eigenvalue weighted by Crippen LogP contribution is -2.27. The minimum Gasteiger partial charge on any atom is -0.301 e. The maximum Gasteiger partial charge on any atom is 0.239 e. The summed E-state index contributed by atoms with van der Waals surface area (Å²) in [5, 5.41) is 3.34. The third kappa shape index (κ3) is 3.01. The molecule has 1 atom stereocenters. The van der Waals surface area contributed by atoms with Crippen molar-refractivity contribution in [1.82, 2.24) is 4.98 Å². The van der Waals surface area contributed by atoms with Gasteiger partial charge in [0, 0.05) is 4.88 Å². The molecule has 1 aromatic heterocycles. The number of aromatic nitrogens is 1. The second-order valence-corrected chi connectivity index (χ2v) is 6.41. The van der Waals surface area contributed by atoms with Crippen LogP contribution in [0, 0.1) is 5.92 Å². The topological polar surface area (TPSA) is 42.0 Å². The molecule has 2 rings (SSSR count). The van der Waals surface area contributed by atoms with E-state index in [-0.39, 0.29) is 17.1 Å². The number of amides is 1. The van der Waals surface area contributed by atoms with E-state index in [0.29, 0.717) is 0 Å². The minimum absolute atomic E-state index is 0.0468. The van der Waals surface area contributed by atoms with E-state index in [4.69, 9.17) is 0 Å². The summed E-state index contributed by atoms with van der Waals surface area (Å²) in [5.74, 6) is 0.183. The lowest BCUT2D eigenvalue weighted by molar-refractivity contribution is -0.116. The Balaban J connectivity index is 2.04. The van der Waals surface area contributed by atoms with Crippen molar-refractivity contribution in [2.24, 2.45) is 5.92 Å². The standard InChI is InChI=1S/C12H18N2OS2/c1-7(2)10(16)11(15)14-12-13-8-5-3-4-6-9(8)17-12/h7,10,16H,3-6H2,1-2H3,(H,13,14,15). The summed E-state index contributed by atoms with van der Waals surface area (Å²) in [6, 6.07) is 0. The van der Waals surface area contributed by atoms with E-state index >= 15 is 0 Å². The first kappa shape index (κ1) is 12.9. The Morgan fingerprint density at radius 1 is 1.41 bits per heavy atom. The first-order valence-corrected chi connectivity index (χ1v) is 7.38. The number of rotatable bonds is 3. The van der Waals surface area contributed by atoms with Crippen molar-refractivity contribution in [1.29, 1.82) is 0 Å². The van der Waals surface area contributed by atoms with E-state index < -0.39 is 0 Å². The van der Waals surface area contributed by atoms with Gasteiger partial charge in [0.1, 0.15) is 0 Å². The zero-order valence-corrected chi connectivity index (χ0v) is 11.9. The fourth-order valence-electron chi connectivity index (χ4n) is 1.89. The van der Waals surface area contributed by atoms with Crippen LogP contribution < -0.4 is 5.32 Å². The molecule has 17 heavy (non-hydrogen) atoms. The van der Waals surface area contributed by atoms with Gasteiger partial charge in [-0.05, 0) is 31.6 Å². The molecule has 0 aromatic carbocycles. The third-order valence-electron chi connectivity index (χ3n) is 2.98. The second kappa shape index (κ2) is 5.40. The molecule has 0 fully saturated rings. The highest BCUT2D eigenvalue weighted by Gasteiger charge is 2.21. The zero-order valence-electron chi connectivity index (χ0n) is 10.2. The molecule has 1 unspecified atom stereocenters. The number of carbonyl (C=O) groups excluding carboxylic acids is 1. The van der Waals surface area contributed by atoms with Gasteiger partial charge >= 0.3 is 0 Å². The lowest BCUT2D eigenvalue weighted by Gasteiger charge is -2.12. The summed E-state index contributed by atoms with van der Waals surface area (Å²) < 4.78 is 0. The molecule has 1 aliphatic carbocycles. The molecule has 3 nitrogen and oxygen atoms in total. The van der Waals surface area contributed by atoms with Crippen LogP contribution in [0.25, 0.3) is 0 Å². The Kier molecular flexibility index (Phi) is 4.09. The molecule has 1 heterocycles. The van der Waals surface area contributed by atoms with Crippen LogP contribution in [-0.4, -0.2) is 16.1 Å². The van der Waals surface area contributed by atoms with Crippen molar-refractivity contribution < 1.29 is 4.79 Å². The van der Waals surface area contributed by atoms with Crippen LogP contribution in [0.15, 0.2) is 0 Å². The Morgan fingerprint density at radius 2 is 2.12 bits per heavy atom. The predicted molar refractivity (Wildman–Crippen MR) is 75.0 cm³/mol. The number of thiol groups is 1. The first-order valence-electron chi connectivity index (χ1n) is 6.05. The van der Waals surface area contributed by atoms with Gasteiger partial charge in [0.15, 0.2) is 5.13 Å². The molecule has 1 N–H and O–H groups in total. The van der Waals surface area contributed by atoms with Gasteiger partial charge in [0.05, 0.1) is 10.9 Å². The summed E-state index contributed by atoms with van der Waals surface area (Å²) >= 11 is 5.92. The molecule has 1 aliphatic rings. The maximum atomic E-state index is 11.8. The highest BCUT2D eigenvalue weighted by Crippen LogP contribution is 2.29. The molecular weight excluding hydrogens is 252 g/mol. The molecule has 0 saturated heterocycles. The van der Waals surface area contributed by atoms with E-state index in [2.05, 4.69) is 22.9 Å². The normalized spacial score (nSPS) is 16.7. The van der Waals surface area contributed by atoms with E-state index in [1.807, 2.05) is 13.8 Å². The molecule has 0 spiro atoms. The molecule has 1 amide bonds. The van der Waals surface area contributed by atoms with Crippen molar-refractivity contribution in [2.75, 3.05) is 5.32 Å². The highest BCUT2D eigenvalue weighted by molar-refractivity contribution is 7.81. The van der Waals surface area contributed by atoms with Gasteiger partial charge in [0.25, 0.3) is 0 Å². The number of carbonyl (C=O) groups is 1. The fourth-order valence-corrected chi connectivity index (χ4v) is 3.00. The van der Waals surface area contributed by atoms with Gasteiger partial charge in [-0.1, -0.05) is 13.8 Å². The number of hydrogen-bond acceptors (Lipinski definition) is 4. The van der Waals surface area contributed by atoms with Crippen molar-refractivity contribution in [3.05, 3.63) is 10.6 Å². The quantitative estimate of drug-likeness (QED) is 0.829. The largest absolute Gasteiger partial charge is 0.301 e. The van der Waals surface area contributed by atoms with Gasteiger partial charge in [-0.25, -0.2) is 4.98 Å². The molecule has 0 bridgehead atoms. The number of thiazole rings is 1. The lowest BCUT2D eigenvalue weighted by atomic mass is 10.0. The van der Waals surface area contributed by atoms with Crippen LogP contribution >= 0.6 is 24.0 Å². The van der Waals surface area contributed by atoms with Crippen molar-refractivity contribution in [3.63, 3.8) is 0 Å². The average molecular weight is 270 g/mol. The van der Waals surface area contributed by atoms with Crippen LogP contribution in [0.3, 0.4) is 0 Å². The van der Waals surface area contributed by atoms with Crippen molar-refractivity contribution >= 4 is 35.0 Å². The van der Waals surface area contributed by atoms with Gasteiger partial charge in [-0.15, -0.1) is 11.3 Å². The Morgan fingerprint density at radius 3 is 2.76 bits per heavy atom. The summed E-state index contributed by atoms with van der Waals surface area (Å²) in [6.45, 7) is 3.98. The smallest absolute Gasteiger partial charge is 0.239 e. The second-order valence-electron chi connectivity index (χ2n) is 4.77. The molecule has 5 heteroatoms. The predicted octanol–water partition coefficient (Wildman–Crippen LogP) is 2.91. The summed E-state index contributed by atoms with van der Waals surface area (Å²) in [4.78, 5) is 17.7. The van der Waals surface area contributed by atoms with Gasteiger partial charge in [0.2, 0.25) is 5.91 Å². The molecule has 0 aliphatic heterocycles. The fraction of sp³-hybridized carbons (Fsp3) is 0.667. The third-order valence-corrected chi connectivity index (χ3v) is 4.88. The van der Waals surface area contributed by atoms with E-state index in [1.54, 1.807) is 11.3 Å². The van der Waals surface area contributed by atoms with Crippen molar-refractivity contribution in [3.8, 4) is 0 Å². The van der Waals surface area contributed by atoms with E-state index in [1.165, 1.54) is 23.4 Å². The van der Waals surface area contributed by atoms with Crippen LogP contribution in [-0.2, 0) is 17.6 Å². The number of anilines is 1. The Hall–Kier alpha value is -0.550. The first-order chi connectivity index (χ1) is 8.08.